The monoisotopic (exact) mass is 384 g/mol. The number of benzene rings is 1. The van der Waals surface area contributed by atoms with Crippen molar-refractivity contribution in [1.82, 2.24) is 9.97 Å². The van der Waals surface area contributed by atoms with E-state index in [0.717, 1.165) is 21.3 Å². The van der Waals surface area contributed by atoms with Crippen LogP contribution in [0.3, 0.4) is 0 Å². The van der Waals surface area contributed by atoms with Crippen molar-refractivity contribution in [2.75, 3.05) is 12.5 Å². The maximum Gasteiger partial charge on any atom is 0.307 e. The number of nitrogens with one attached hydrogen (secondary N) is 1. The summed E-state index contributed by atoms with van der Waals surface area (Å²) in [6.45, 7) is 5.95. The lowest BCUT2D eigenvalue weighted by atomic mass is 10.0. The highest BCUT2D eigenvalue weighted by molar-refractivity contribution is 7.18. The molecule has 0 saturated heterocycles. The van der Waals surface area contributed by atoms with Gasteiger partial charge in [0, 0.05) is 10.4 Å². The van der Waals surface area contributed by atoms with Crippen LogP contribution < -0.4 is 10.2 Å². The number of hydrogen-bond donors (Lipinski definition) is 2. The molecule has 0 amide bonds. The number of methoxy groups -OCH3 is 1. The molecule has 0 radical (unpaired) electrons. The van der Waals surface area contributed by atoms with Gasteiger partial charge in [-0.3, -0.25) is 10.2 Å². The van der Waals surface area contributed by atoms with Gasteiger partial charge in [0.05, 0.1) is 24.6 Å². The number of thiophene rings is 1. The summed E-state index contributed by atoms with van der Waals surface area (Å²) in [4.78, 5) is 21.8. The molecule has 3 rings (SSSR count). The van der Waals surface area contributed by atoms with E-state index in [2.05, 4.69) is 27.4 Å². The van der Waals surface area contributed by atoms with E-state index in [4.69, 9.17) is 9.84 Å². The molecule has 0 atom stereocenters. The Hall–Kier alpha value is -3.00. The van der Waals surface area contributed by atoms with Gasteiger partial charge in [-0.2, -0.15) is 5.10 Å². The Morgan fingerprint density at radius 2 is 2.11 bits per heavy atom. The van der Waals surface area contributed by atoms with Crippen LogP contribution in [0.4, 0.5) is 5.82 Å². The Balaban J connectivity index is 1.92. The van der Waals surface area contributed by atoms with Crippen molar-refractivity contribution < 1.29 is 14.6 Å². The molecule has 0 aliphatic heterocycles. The quantitative estimate of drug-likeness (QED) is 0.496. The highest BCUT2D eigenvalue weighted by atomic mass is 32.1. The molecule has 140 valence electrons. The number of carboxylic acids is 1. The van der Waals surface area contributed by atoms with E-state index in [1.165, 1.54) is 18.3 Å². The number of hydrazone groups is 1. The second-order valence-corrected chi connectivity index (χ2v) is 7.30. The van der Waals surface area contributed by atoms with Gasteiger partial charge in [0.2, 0.25) is 0 Å². The third-order valence-electron chi connectivity index (χ3n) is 4.33. The predicted molar refractivity (Wildman–Crippen MR) is 107 cm³/mol. The number of hydrogen-bond acceptors (Lipinski definition) is 7. The molecular formula is C19H20N4O3S. The van der Waals surface area contributed by atoms with Gasteiger partial charge in [0.15, 0.2) is 5.82 Å². The number of aromatic nitrogens is 2. The number of rotatable bonds is 6. The topological polar surface area (TPSA) is 96.7 Å². The molecule has 2 N–H and O–H groups in total. The summed E-state index contributed by atoms with van der Waals surface area (Å²) in [5, 5.41) is 14.5. The summed E-state index contributed by atoms with van der Waals surface area (Å²) in [6.07, 6.45) is 1.40. The fourth-order valence-electron chi connectivity index (χ4n) is 2.77. The summed E-state index contributed by atoms with van der Waals surface area (Å²) in [5.41, 5.74) is 6.28. The summed E-state index contributed by atoms with van der Waals surface area (Å²) in [5.74, 6) is 0.286. The number of nitrogens with zero attached hydrogens (tertiary/aromatic N) is 3. The van der Waals surface area contributed by atoms with Crippen LogP contribution in [-0.2, 0) is 11.2 Å². The predicted octanol–water partition coefficient (Wildman–Crippen LogP) is 3.78. The standard InChI is InChI=1S/C19H20N4O3S/c1-10-12(3)27-19-17(10)18(20-9-21-19)23-22-11(2)13-5-6-15(26-4)14(7-13)8-16(24)25/h5-7,9H,8H2,1-4H3,(H,24,25)(H,20,21,23)/b22-11-. The largest absolute Gasteiger partial charge is 0.496 e. The Morgan fingerprint density at radius 3 is 2.81 bits per heavy atom. The lowest BCUT2D eigenvalue weighted by molar-refractivity contribution is -0.136. The third-order valence-corrected chi connectivity index (χ3v) is 5.45. The molecule has 8 heteroatoms. The third kappa shape index (κ3) is 3.90. The van der Waals surface area contributed by atoms with Crippen LogP contribution in [-0.4, -0.2) is 33.9 Å². The van der Waals surface area contributed by atoms with Gasteiger partial charge in [0.1, 0.15) is 16.9 Å². The lowest BCUT2D eigenvalue weighted by Gasteiger charge is -2.10. The van der Waals surface area contributed by atoms with E-state index in [1.807, 2.05) is 19.9 Å². The highest BCUT2D eigenvalue weighted by Gasteiger charge is 2.13. The fraction of sp³-hybridized carbons (Fsp3) is 0.263. The van der Waals surface area contributed by atoms with Crippen LogP contribution in [0.2, 0.25) is 0 Å². The number of carbonyl (C=O) groups is 1. The van der Waals surface area contributed by atoms with Gasteiger partial charge in [-0.25, -0.2) is 9.97 Å². The number of carboxylic acid groups (broad SMARTS) is 1. The summed E-state index contributed by atoms with van der Waals surface area (Å²) < 4.78 is 5.24. The number of fused-ring (bicyclic) bond motifs is 1. The summed E-state index contributed by atoms with van der Waals surface area (Å²) in [7, 11) is 1.52. The first-order valence-corrected chi connectivity index (χ1v) is 9.12. The Labute approximate surface area is 160 Å². The van der Waals surface area contributed by atoms with Crippen molar-refractivity contribution in [3.05, 3.63) is 46.1 Å². The maximum atomic E-state index is 11.1. The number of aliphatic carboxylic acids is 1. The molecular weight excluding hydrogens is 364 g/mol. The van der Waals surface area contributed by atoms with E-state index >= 15 is 0 Å². The minimum absolute atomic E-state index is 0.113. The number of aryl methyl sites for hydroxylation is 2. The SMILES string of the molecule is COc1ccc(/C(C)=N\Nc2ncnc3sc(C)c(C)c23)cc1CC(=O)O. The minimum atomic E-state index is -0.912. The van der Waals surface area contributed by atoms with E-state index in [0.29, 0.717) is 22.8 Å². The van der Waals surface area contributed by atoms with Gasteiger partial charge in [-0.15, -0.1) is 11.3 Å². The smallest absolute Gasteiger partial charge is 0.307 e. The maximum absolute atomic E-state index is 11.1. The highest BCUT2D eigenvalue weighted by Crippen LogP contribution is 2.32. The minimum Gasteiger partial charge on any atom is -0.496 e. The van der Waals surface area contributed by atoms with Crippen LogP contribution in [0.1, 0.15) is 28.5 Å². The zero-order valence-electron chi connectivity index (χ0n) is 15.5. The number of anilines is 1. The molecule has 0 bridgehead atoms. The zero-order chi connectivity index (χ0) is 19.6. The summed E-state index contributed by atoms with van der Waals surface area (Å²) in [6, 6.07) is 5.38. The molecule has 0 fully saturated rings. The molecule has 0 saturated carbocycles. The van der Waals surface area contributed by atoms with Crippen LogP contribution in [0.5, 0.6) is 5.75 Å². The molecule has 0 aliphatic carbocycles. The zero-order valence-corrected chi connectivity index (χ0v) is 16.3. The average molecular weight is 384 g/mol. The van der Waals surface area contributed by atoms with Crippen molar-refractivity contribution >= 4 is 39.1 Å². The Bertz CT molecular complexity index is 1040. The molecule has 2 aromatic heterocycles. The second kappa shape index (κ2) is 7.71. The molecule has 7 nitrogen and oxygen atoms in total. The molecule has 0 unspecified atom stereocenters. The van der Waals surface area contributed by atoms with Gasteiger partial charge >= 0.3 is 5.97 Å². The van der Waals surface area contributed by atoms with Crippen molar-refractivity contribution in [1.29, 1.82) is 0 Å². The summed E-state index contributed by atoms with van der Waals surface area (Å²) >= 11 is 1.63. The second-order valence-electron chi connectivity index (χ2n) is 6.09. The number of ether oxygens (including phenoxy) is 1. The van der Waals surface area contributed by atoms with Crippen LogP contribution >= 0.6 is 11.3 Å². The Kier molecular flexibility index (Phi) is 5.36. The molecule has 0 spiro atoms. The first-order valence-electron chi connectivity index (χ1n) is 8.30. The molecule has 3 aromatic rings. The first-order chi connectivity index (χ1) is 12.9. The van der Waals surface area contributed by atoms with E-state index in [-0.39, 0.29) is 6.42 Å². The first kappa shape index (κ1) is 18.8. The van der Waals surface area contributed by atoms with Gasteiger partial charge in [-0.1, -0.05) is 0 Å². The lowest BCUT2D eigenvalue weighted by Crippen LogP contribution is -2.06. The van der Waals surface area contributed by atoms with Crippen molar-refractivity contribution in [3.63, 3.8) is 0 Å². The van der Waals surface area contributed by atoms with Crippen LogP contribution in [0.25, 0.3) is 10.2 Å². The Morgan fingerprint density at radius 1 is 1.33 bits per heavy atom. The van der Waals surface area contributed by atoms with Crippen LogP contribution in [0.15, 0.2) is 29.6 Å². The van der Waals surface area contributed by atoms with Crippen LogP contribution in [0, 0.1) is 13.8 Å². The van der Waals surface area contributed by atoms with E-state index < -0.39 is 5.97 Å². The van der Waals surface area contributed by atoms with Gasteiger partial charge in [0.25, 0.3) is 0 Å². The molecule has 2 heterocycles. The van der Waals surface area contributed by atoms with Gasteiger partial charge < -0.3 is 9.84 Å². The van der Waals surface area contributed by atoms with E-state index in [1.54, 1.807) is 23.5 Å². The fourth-order valence-corrected chi connectivity index (χ4v) is 3.77. The molecule has 1 aromatic carbocycles. The van der Waals surface area contributed by atoms with Crippen molar-refractivity contribution in [2.45, 2.75) is 27.2 Å². The van der Waals surface area contributed by atoms with Crippen molar-refractivity contribution in [2.24, 2.45) is 5.10 Å². The average Bonchev–Trinajstić information content (AvgIpc) is 2.94. The molecule has 0 aliphatic rings. The van der Waals surface area contributed by atoms with E-state index in [9.17, 15) is 4.79 Å². The van der Waals surface area contributed by atoms with Crippen molar-refractivity contribution in [3.8, 4) is 5.75 Å². The van der Waals surface area contributed by atoms with Gasteiger partial charge in [-0.05, 0) is 50.1 Å². The molecule has 27 heavy (non-hydrogen) atoms. The normalized spacial score (nSPS) is 11.6.